The Morgan fingerprint density at radius 1 is 0.256 bits per heavy atom. The molecule has 6 heteroatoms. The number of nitrogens with zero attached hydrogens (tertiary/aromatic N) is 4. The number of pyridine rings is 2. The predicted molar refractivity (Wildman–Crippen MR) is 361 cm³/mol. The largest absolute Gasteiger partial charge is 0.339 e. The first-order valence-electron chi connectivity index (χ1n) is 37.1. The van der Waals surface area contributed by atoms with E-state index in [1.165, 1.54) is 334 Å². The molecule has 0 aromatic carbocycles. The van der Waals surface area contributed by atoms with Crippen molar-refractivity contribution in [3.8, 4) is 11.4 Å². The van der Waals surface area contributed by atoms with Gasteiger partial charge in [0.2, 0.25) is 0 Å². The lowest BCUT2D eigenvalue weighted by atomic mass is 10.0. The summed E-state index contributed by atoms with van der Waals surface area (Å²) in [5.74, 6) is 0.209. The number of carbonyl (C=O) groups excluding carboxylic acids is 2. The molecule has 2 amide bonds. The molecule has 0 atom stereocenters. The summed E-state index contributed by atoms with van der Waals surface area (Å²) in [5, 5.41) is 0. The first kappa shape index (κ1) is 75.3. The molecule has 0 N–H and O–H groups in total. The smallest absolute Gasteiger partial charge is 0.253 e. The van der Waals surface area contributed by atoms with Crippen molar-refractivity contribution in [2.45, 2.75) is 387 Å². The molecule has 0 radical (unpaired) electrons. The van der Waals surface area contributed by atoms with Gasteiger partial charge in [-0.15, -0.1) is 0 Å². The quantitative estimate of drug-likeness (QED) is 0.0619. The van der Waals surface area contributed by atoms with Crippen molar-refractivity contribution >= 4 is 11.8 Å². The van der Waals surface area contributed by atoms with Gasteiger partial charge in [0.25, 0.3) is 11.8 Å². The lowest BCUT2D eigenvalue weighted by Crippen LogP contribution is -2.33. The maximum absolute atomic E-state index is 14.5. The molecule has 474 valence electrons. The van der Waals surface area contributed by atoms with Crippen molar-refractivity contribution < 1.29 is 9.59 Å². The van der Waals surface area contributed by atoms with Gasteiger partial charge in [-0.05, 0) is 49.9 Å². The molecule has 0 aliphatic rings. The number of carbonyl (C=O) groups is 2. The Hall–Kier alpha value is -2.76. The fourth-order valence-electron chi connectivity index (χ4n) is 12.4. The van der Waals surface area contributed by atoms with Gasteiger partial charge in [0.05, 0.1) is 11.4 Å². The van der Waals surface area contributed by atoms with Crippen molar-refractivity contribution in [2.24, 2.45) is 0 Å². The molecule has 0 saturated heterocycles. The summed E-state index contributed by atoms with van der Waals surface area (Å²) < 4.78 is 0. The van der Waals surface area contributed by atoms with Gasteiger partial charge in [0.1, 0.15) is 0 Å². The van der Waals surface area contributed by atoms with Crippen LogP contribution in [-0.4, -0.2) is 57.8 Å². The molecule has 82 heavy (non-hydrogen) atoms. The SMILES string of the molecule is CCCCCCCCCCCCCCCCN(CCCCCCCCCCCCCCCC)C(=O)c1ccnc(-c2cc(C(=O)N(CCCCCCCCCCCCCCCC)CCCCCCCCCCCCCCCC)ccn2)c1. The van der Waals surface area contributed by atoms with Gasteiger partial charge in [-0.2, -0.15) is 0 Å². The Morgan fingerprint density at radius 2 is 0.415 bits per heavy atom. The van der Waals surface area contributed by atoms with Crippen LogP contribution in [0.3, 0.4) is 0 Å². The summed E-state index contributed by atoms with van der Waals surface area (Å²) in [6, 6.07) is 7.64. The minimum atomic E-state index is 0.104. The molecule has 0 aliphatic carbocycles. The minimum Gasteiger partial charge on any atom is -0.339 e. The van der Waals surface area contributed by atoms with Gasteiger partial charge in [0, 0.05) is 49.7 Å². The number of unbranched alkanes of at least 4 members (excludes halogenated alkanes) is 52. The molecule has 2 heterocycles. The monoisotopic (exact) mass is 1140 g/mol. The van der Waals surface area contributed by atoms with Gasteiger partial charge in [-0.3, -0.25) is 19.6 Å². The van der Waals surface area contributed by atoms with Crippen molar-refractivity contribution in [2.75, 3.05) is 26.2 Å². The fourth-order valence-corrected chi connectivity index (χ4v) is 12.4. The topological polar surface area (TPSA) is 66.4 Å². The second-order valence-electron chi connectivity index (χ2n) is 25.8. The summed E-state index contributed by atoms with van der Waals surface area (Å²) >= 11 is 0. The van der Waals surface area contributed by atoms with E-state index in [0.29, 0.717) is 22.5 Å². The molecule has 0 spiro atoms. The molecule has 2 aromatic rings. The number of rotatable bonds is 63. The van der Waals surface area contributed by atoms with E-state index >= 15 is 0 Å². The Morgan fingerprint density at radius 3 is 0.585 bits per heavy atom. The van der Waals surface area contributed by atoms with Crippen LogP contribution in [-0.2, 0) is 0 Å². The van der Waals surface area contributed by atoms with Gasteiger partial charge >= 0.3 is 0 Å². The standard InChI is InChI=1S/C76H138N4O2/c1-5-9-13-17-21-25-29-33-37-41-45-49-53-57-65-79(66-58-54-50-46-42-38-34-30-26-22-18-14-10-6-2)75(81)71-61-63-77-73(69-71)74-70-72(62-64-78-74)76(82)80(67-59-55-51-47-43-39-35-31-27-23-19-15-11-7-3)68-60-56-52-48-44-40-36-32-28-24-20-16-12-8-4/h61-64,69-70H,5-60,65-68H2,1-4H3. The van der Waals surface area contributed by atoms with E-state index in [-0.39, 0.29) is 11.8 Å². The third kappa shape index (κ3) is 43.8. The third-order valence-corrected chi connectivity index (χ3v) is 18.0. The molecular weight excluding hydrogens is 1000 g/mol. The van der Waals surface area contributed by atoms with Gasteiger partial charge in [-0.1, -0.05) is 362 Å². The zero-order valence-electron chi connectivity index (χ0n) is 55.5. The second-order valence-corrected chi connectivity index (χ2v) is 25.8. The predicted octanol–water partition coefficient (Wildman–Crippen LogP) is 25.0. The van der Waals surface area contributed by atoms with Gasteiger partial charge in [0.15, 0.2) is 0 Å². The zero-order chi connectivity index (χ0) is 58.7. The van der Waals surface area contributed by atoms with Gasteiger partial charge in [-0.25, -0.2) is 0 Å². The second kappa shape index (κ2) is 58.6. The van der Waals surface area contributed by atoms with Crippen LogP contribution in [0.5, 0.6) is 0 Å². The average molecular weight is 1140 g/mol. The van der Waals surface area contributed by atoms with E-state index < -0.39 is 0 Å². The summed E-state index contributed by atoms with van der Waals surface area (Å²) in [6.45, 7) is 12.4. The zero-order valence-corrected chi connectivity index (χ0v) is 55.5. The van der Waals surface area contributed by atoms with Crippen LogP contribution in [0.4, 0.5) is 0 Å². The maximum Gasteiger partial charge on any atom is 0.253 e. The molecule has 0 aliphatic heterocycles. The van der Waals surface area contributed by atoms with Crippen LogP contribution in [0, 0.1) is 0 Å². The summed E-state index contributed by atoms with van der Waals surface area (Å²) in [5.41, 5.74) is 2.69. The number of amides is 2. The molecular formula is C76H138N4O2. The maximum atomic E-state index is 14.5. The average Bonchev–Trinajstić information content (AvgIpc) is 3.56. The fraction of sp³-hybridized carbons (Fsp3) is 0.842. The van der Waals surface area contributed by atoms with E-state index in [1.807, 2.05) is 24.3 Å². The lowest BCUT2D eigenvalue weighted by Gasteiger charge is -2.24. The summed E-state index contributed by atoms with van der Waals surface area (Å²) in [4.78, 5) is 42.8. The van der Waals surface area contributed by atoms with E-state index in [0.717, 1.165) is 51.9 Å². The van der Waals surface area contributed by atoms with E-state index in [2.05, 4.69) is 37.5 Å². The highest BCUT2D eigenvalue weighted by Crippen LogP contribution is 2.23. The molecule has 2 aromatic heterocycles. The van der Waals surface area contributed by atoms with Crippen LogP contribution >= 0.6 is 0 Å². The van der Waals surface area contributed by atoms with Crippen LogP contribution in [0.25, 0.3) is 11.4 Å². The van der Waals surface area contributed by atoms with E-state index in [4.69, 9.17) is 9.97 Å². The number of hydrogen-bond acceptors (Lipinski definition) is 4. The van der Waals surface area contributed by atoms with Gasteiger partial charge < -0.3 is 9.80 Å². The minimum absolute atomic E-state index is 0.104. The van der Waals surface area contributed by atoms with Crippen LogP contribution in [0.1, 0.15) is 408 Å². The highest BCUT2D eigenvalue weighted by Gasteiger charge is 2.20. The molecule has 0 fully saturated rings. The Balaban J connectivity index is 2.01. The van der Waals surface area contributed by atoms with E-state index in [1.54, 1.807) is 12.4 Å². The molecule has 2 rings (SSSR count). The lowest BCUT2D eigenvalue weighted by molar-refractivity contribution is 0.0741. The summed E-state index contributed by atoms with van der Waals surface area (Å²) in [6.07, 6.45) is 78.3. The number of aromatic nitrogens is 2. The van der Waals surface area contributed by atoms with Crippen molar-refractivity contribution in [3.05, 3.63) is 47.8 Å². The Bertz CT molecular complexity index is 1490. The van der Waals surface area contributed by atoms with Crippen LogP contribution in [0.2, 0.25) is 0 Å². The third-order valence-electron chi connectivity index (χ3n) is 18.0. The van der Waals surface area contributed by atoms with Crippen LogP contribution < -0.4 is 0 Å². The number of hydrogen-bond donors (Lipinski definition) is 0. The Kier molecular flexibility index (Phi) is 53.9. The summed E-state index contributed by atoms with van der Waals surface area (Å²) in [7, 11) is 0. The molecule has 0 bridgehead atoms. The van der Waals surface area contributed by atoms with Crippen LogP contribution in [0.15, 0.2) is 36.7 Å². The van der Waals surface area contributed by atoms with Crippen molar-refractivity contribution in [1.82, 2.24) is 19.8 Å². The van der Waals surface area contributed by atoms with E-state index in [9.17, 15) is 9.59 Å². The highest BCUT2D eigenvalue weighted by molar-refractivity contribution is 5.96. The Labute approximate surface area is 511 Å². The highest BCUT2D eigenvalue weighted by atomic mass is 16.2. The molecule has 0 unspecified atom stereocenters. The molecule has 6 nitrogen and oxygen atoms in total. The first-order valence-corrected chi connectivity index (χ1v) is 37.1. The molecule has 0 saturated carbocycles. The normalized spacial score (nSPS) is 11.5. The van der Waals surface area contributed by atoms with Crippen molar-refractivity contribution in [1.29, 1.82) is 0 Å². The first-order chi connectivity index (χ1) is 40.5. The van der Waals surface area contributed by atoms with Crippen molar-refractivity contribution in [3.63, 3.8) is 0 Å².